The number of primary amides is 2. The predicted molar refractivity (Wildman–Crippen MR) is 134 cm³/mol. The number of benzene rings is 2. The third-order valence-electron chi connectivity index (χ3n) is 4.80. The second kappa shape index (κ2) is 18.4. The molecule has 35 heavy (non-hydrogen) atoms. The van der Waals surface area contributed by atoms with Gasteiger partial charge in [-0.05, 0) is 29.5 Å². The van der Waals surface area contributed by atoms with E-state index >= 15 is 0 Å². The first kappa shape index (κ1) is 31.0. The summed E-state index contributed by atoms with van der Waals surface area (Å²) in [4.78, 5) is 52.9. The van der Waals surface area contributed by atoms with Gasteiger partial charge in [0.15, 0.2) is 5.78 Å². The summed E-state index contributed by atoms with van der Waals surface area (Å²) in [7, 11) is 0. The molecule has 0 aliphatic heterocycles. The van der Waals surface area contributed by atoms with Crippen LogP contribution in [0.15, 0.2) is 54.6 Å². The number of Topliss-reactive ketones (excluding diaryl/α,β-unsaturated/α-hetero) is 1. The highest BCUT2D eigenvalue weighted by Crippen LogP contribution is 2.19. The molecule has 2 rings (SSSR count). The zero-order valence-electron chi connectivity index (χ0n) is 20.2. The number of hydrogen-bond acceptors (Lipinski definition) is 5. The lowest BCUT2D eigenvalue weighted by Crippen LogP contribution is -2.40. The van der Waals surface area contributed by atoms with Gasteiger partial charge in [0.25, 0.3) is 6.47 Å². The molecule has 9 nitrogen and oxygen atoms in total. The van der Waals surface area contributed by atoms with Crippen LogP contribution in [0.2, 0.25) is 0 Å². The second-order valence-corrected chi connectivity index (χ2v) is 7.45. The van der Waals surface area contributed by atoms with Crippen LogP contribution in [0.4, 0.5) is 0 Å². The van der Waals surface area contributed by atoms with Crippen LogP contribution >= 0.6 is 0 Å². The Labute approximate surface area is 205 Å². The molecule has 2 aromatic rings. The van der Waals surface area contributed by atoms with Crippen molar-refractivity contribution >= 4 is 30.0 Å². The number of ketones is 1. The molecule has 3 amide bonds. The number of amides is 3. The maximum absolute atomic E-state index is 12.2. The Balaban J connectivity index is 0.00000126. The van der Waals surface area contributed by atoms with E-state index in [2.05, 4.69) is 23.2 Å². The fraction of sp³-hybridized carbons (Fsp3) is 0.346. The van der Waals surface area contributed by atoms with Crippen molar-refractivity contribution in [2.75, 3.05) is 0 Å². The molecular weight excluding hydrogens is 450 g/mol. The number of nitrogens with one attached hydrogen (secondary N) is 1. The van der Waals surface area contributed by atoms with E-state index < -0.39 is 11.9 Å². The third kappa shape index (κ3) is 14.7. The van der Waals surface area contributed by atoms with Crippen molar-refractivity contribution in [3.63, 3.8) is 0 Å². The summed E-state index contributed by atoms with van der Waals surface area (Å²) in [6.07, 6.45) is 1.93. The minimum atomic E-state index is -0.558. The summed E-state index contributed by atoms with van der Waals surface area (Å²) >= 11 is 0. The quantitative estimate of drug-likeness (QED) is 0.356. The summed E-state index contributed by atoms with van der Waals surface area (Å²) in [5, 5.41) is 9.65. The van der Waals surface area contributed by atoms with Gasteiger partial charge in [0.2, 0.25) is 17.7 Å². The minimum Gasteiger partial charge on any atom is -0.483 e. The van der Waals surface area contributed by atoms with Gasteiger partial charge < -0.3 is 21.9 Å². The van der Waals surface area contributed by atoms with Gasteiger partial charge in [-0.1, -0.05) is 68.4 Å². The molecular formula is C26H35N3O6. The lowest BCUT2D eigenvalue weighted by Gasteiger charge is -2.15. The van der Waals surface area contributed by atoms with Crippen molar-refractivity contribution in [3.8, 4) is 11.1 Å². The molecule has 0 unspecified atom stereocenters. The fourth-order valence-corrected chi connectivity index (χ4v) is 2.85. The van der Waals surface area contributed by atoms with Crippen LogP contribution in [-0.4, -0.2) is 41.1 Å². The van der Waals surface area contributed by atoms with Gasteiger partial charge in [-0.2, -0.15) is 0 Å². The largest absolute Gasteiger partial charge is 0.483 e. The number of rotatable bonds is 11. The van der Waals surface area contributed by atoms with Crippen molar-refractivity contribution in [2.45, 2.75) is 58.4 Å². The van der Waals surface area contributed by atoms with Crippen LogP contribution in [0, 0.1) is 0 Å². The maximum Gasteiger partial charge on any atom is 0.290 e. The monoisotopic (exact) mass is 485 g/mol. The van der Waals surface area contributed by atoms with Gasteiger partial charge in [-0.15, -0.1) is 0 Å². The zero-order chi connectivity index (χ0) is 26.6. The third-order valence-corrected chi connectivity index (χ3v) is 4.80. The van der Waals surface area contributed by atoms with E-state index in [4.69, 9.17) is 15.6 Å². The summed E-state index contributed by atoms with van der Waals surface area (Å²) in [6, 6.07) is 17.7. The van der Waals surface area contributed by atoms with E-state index in [0.29, 0.717) is 25.7 Å². The Morgan fingerprint density at radius 2 is 1.37 bits per heavy atom. The van der Waals surface area contributed by atoms with E-state index in [9.17, 15) is 19.2 Å². The Kier molecular flexibility index (Phi) is 16.3. The molecule has 0 spiro atoms. The van der Waals surface area contributed by atoms with Crippen LogP contribution < -0.4 is 16.8 Å². The average molecular weight is 486 g/mol. The molecule has 0 aromatic heterocycles. The average Bonchev–Trinajstić information content (AvgIpc) is 2.86. The molecule has 2 aromatic carbocycles. The Hall–Kier alpha value is -4.01. The highest BCUT2D eigenvalue weighted by molar-refractivity contribution is 5.91. The molecule has 0 saturated heterocycles. The number of aryl methyl sites for hydroxylation is 1. The van der Waals surface area contributed by atoms with E-state index in [1.54, 1.807) is 6.92 Å². The molecule has 0 aliphatic rings. The van der Waals surface area contributed by atoms with Crippen molar-refractivity contribution in [3.05, 3.63) is 60.2 Å². The zero-order valence-corrected chi connectivity index (χ0v) is 20.2. The minimum absolute atomic E-state index is 0.0129. The van der Waals surface area contributed by atoms with Crippen molar-refractivity contribution < 1.29 is 29.1 Å². The molecule has 0 aliphatic carbocycles. The van der Waals surface area contributed by atoms with Gasteiger partial charge in [0.05, 0.1) is 6.04 Å². The van der Waals surface area contributed by atoms with E-state index in [0.717, 1.165) is 16.7 Å². The summed E-state index contributed by atoms with van der Waals surface area (Å²) in [5.74, 6) is -1.08. The van der Waals surface area contributed by atoms with Gasteiger partial charge in [0.1, 0.15) is 0 Å². The molecule has 0 saturated carbocycles. The molecule has 0 bridgehead atoms. The van der Waals surface area contributed by atoms with Crippen LogP contribution in [0.25, 0.3) is 11.1 Å². The molecule has 1 atom stereocenters. The lowest BCUT2D eigenvalue weighted by molar-refractivity contribution is -0.128. The van der Waals surface area contributed by atoms with Crippen LogP contribution in [0.5, 0.6) is 0 Å². The lowest BCUT2D eigenvalue weighted by atomic mass is 10.0. The standard InChI is InChI=1S/C22H26N2O3.C3H7NO.CH2O2/c1-2-19(20(25)13-14-21(23)26)24-22(27)15-10-16-8-11-18(12-9-16)17-6-4-3-5-7-17;1-2-3(4)5;2-1-3/h3-9,11-12,19H,2,10,13-15H2,1H3,(H2,23,26)(H,24,27);2H2,1H3,(H2,4,5);1H,(H,2,3)/t19-;;/m0../s1. The van der Waals surface area contributed by atoms with Gasteiger partial charge >= 0.3 is 0 Å². The van der Waals surface area contributed by atoms with E-state index in [1.807, 2.05) is 49.4 Å². The first-order valence-electron chi connectivity index (χ1n) is 11.3. The van der Waals surface area contributed by atoms with Gasteiger partial charge in [0, 0.05) is 25.7 Å². The predicted octanol–water partition coefficient (Wildman–Crippen LogP) is 2.60. The topological polar surface area (TPSA) is 170 Å². The fourth-order valence-electron chi connectivity index (χ4n) is 2.85. The SMILES string of the molecule is CCC(N)=O.CC[C@H](NC(=O)CCc1ccc(-c2ccccc2)cc1)C(=O)CCC(N)=O.O=CO. The van der Waals surface area contributed by atoms with E-state index in [-0.39, 0.29) is 36.9 Å². The highest BCUT2D eigenvalue weighted by atomic mass is 16.3. The maximum atomic E-state index is 12.2. The molecule has 0 radical (unpaired) electrons. The molecule has 9 heteroatoms. The molecule has 190 valence electrons. The first-order chi connectivity index (χ1) is 16.7. The highest BCUT2D eigenvalue weighted by Gasteiger charge is 2.18. The Bertz CT molecular complexity index is 930. The van der Waals surface area contributed by atoms with Crippen molar-refractivity contribution in [1.29, 1.82) is 0 Å². The van der Waals surface area contributed by atoms with Crippen LogP contribution in [0.3, 0.4) is 0 Å². The summed E-state index contributed by atoms with van der Waals surface area (Å²) < 4.78 is 0. The number of carboxylic acid groups (broad SMARTS) is 1. The van der Waals surface area contributed by atoms with Crippen molar-refractivity contribution in [2.24, 2.45) is 11.5 Å². The molecule has 0 fully saturated rings. The Morgan fingerprint density at radius 1 is 0.857 bits per heavy atom. The van der Waals surface area contributed by atoms with E-state index in [1.165, 1.54) is 0 Å². The Morgan fingerprint density at radius 3 is 1.83 bits per heavy atom. The first-order valence-corrected chi connectivity index (χ1v) is 11.3. The van der Waals surface area contributed by atoms with Crippen LogP contribution in [0.1, 0.15) is 51.5 Å². The van der Waals surface area contributed by atoms with Gasteiger partial charge in [-0.3, -0.25) is 24.0 Å². The number of carbonyl (C=O) groups is 5. The van der Waals surface area contributed by atoms with Crippen LogP contribution in [-0.2, 0) is 30.4 Å². The molecule has 6 N–H and O–H groups in total. The van der Waals surface area contributed by atoms with Crippen molar-refractivity contribution in [1.82, 2.24) is 5.32 Å². The number of nitrogens with two attached hydrogens (primary N) is 2. The van der Waals surface area contributed by atoms with Gasteiger partial charge in [-0.25, -0.2) is 0 Å². The number of carbonyl (C=O) groups excluding carboxylic acids is 4. The summed E-state index contributed by atoms with van der Waals surface area (Å²) in [6.45, 7) is 3.30. The summed E-state index contributed by atoms with van der Waals surface area (Å²) in [5.41, 5.74) is 13.1. The smallest absolute Gasteiger partial charge is 0.290 e. The number of hydrogen-bond donors (Lipinski definition) is 4. The second-order valence-electron chi connectivity index (χ2n) is 7.45. The normalized spacial score (nSPS) is 10.3. The molecule has 0 heterocycles.